The van der Waals surface area contributed by atoms with Crippen LogP contribution in [0.1, 0.15) is 18.9 Å². The van der Waals surface area contributed by atoms with Crippen LogP contribution in [0.3, 0.4) is 0 Å². The molecule has 0 spiro atoms. The molecule has 6 nitrogen and oxygen atoms in total. The minimum absolute atomic E-state index is 0.0115. The Morgan fingerprint density at radius 2 is 2.11 bits per heavy atom. The average Bonchev–Trinajstić information content (AvgIpc) is 2.83. The second-order valence-corrected chi connectivity index (χ2v) is 3.75. The fourth-order valence-corrected chi connectivity index (χ4v) is 1.44. The molecule has 1 aromatic heterocycles. The number of H-pyrrole nitrogens is 1. The molecule has 0 fully saturated rings. The first-order chi connectivity index (χ1) is 8.69. The smallest absolute Gasteiger partial charge is 0.388 e. The molecule has 94 valence electrons. The molecule has 0 aliphatic carbocycles. The molecule has 2 aromatic rings. The highest BCUT2D eigenvalue weighted by Crippen LogP contribution is 2.15. The summed E-state index contributed by atoms with van der Waals surface area (Å²) in [5, 5.41) is 8.71. The second-order valence-electron chi connectivity index (χ2n) is 3.75. The first-order valence-corrected chi connectivity index (χ1v) is 5.60. The van der Waals surface area contributed by atoms with Gasteiger partial charge in [-0.3, -0.25) is 4.79 Å². The zero-order valence-electron chi connectivity index (χ0n) is 9.90. The number of aromatic nitrogens is 2. The van der Waals surface area contributed by atoms with Crippen LogP contribution in [0.2, 0.25) is 0 Å². The van der Waals surface area contributed by atoms with Crippen molar-refractivity contribution >= 4 is 5.91 Å². The van der Waals surface area contributed by atoms with Crippen molar-refractivity contribution in [3.8, 4) is 11.5 Å². The van der Waals surface area contributed by atoms with Gasteiger partial charge in [0.2, 0.25) is 11.8 Å². The molecule has 2 rings (SSSR count). The molecule has 18 heavy (non-hydrogen) atoms. The molecule has 0 radical (unpaired) electrons. The van der Waals surface area contributed by atoms with Gasteiger partial charge < -0.3 is 9.73 Å². The molecule has 0 saturated carbocycles. The summed E-state index contributed by atoms with van der Waals surface area (Å²) in [5.41, 5.74) is 1.68. The van der Waals surface area contributed by atoms with Gasteiger partial charge in [-0.25, -0.2) is 9.89 Å². The Morgan fingerprint density at radius 3 is 2.67 bits per heavy atom. The summed E-state index contributed by atoms with van der Waals surface area (Å²) in [6.45, 7) is 2.29. The zero-order valence-corrected chi connectivity index (χ0v) is 9.90. The van der Waals surface area contributed by atoms with E-state index in [0.717, 1.165) is 5.56 Å². The van der Waals surface area contributed by atoms with Crippen molar-refractivity contribution < 1.29 is 9.21 Å². The van der Waals surface area contributed by atoms with Crippen molar-refractivity contribution in [3.05, 3.63) is 40.4 Å². The number of hydrogen-bond donors (Lipinski definition) is 2. The van der Waals surface area contributed by atoms with Crippen LogP contribution >= 0.6 is 0 Å². The van der Waals surface area contributed by atoms with E-state index in [9.17, 15) is 9.59 Å². The quantitative estimate of drug-likeness (QED) is 0.845. The van der Waals surface area contributed by atoms with E-state index >= 15 is 0 Å². The molecule has 0 aliphatic rings. The average molecular weight is 247 g/mol. The summed E-state index contributed by atoms with van der Waals surface area (Å²) in [6, 6.07) is 7.26. The normalized spacial score (nSPS) is 10.3. The zero-order chi connectivity index (χ0) is 13.0. The highest BCUT2D eigenvalue weighted by molar-refractivity contribution is 5.75. The number of amides is 1. The summed E-state index contributed by atoms with van der Waals surface area (Å²) in [4.78, 5) is 21.9. The fraction of sp³-hybridized carbons (Fsp3) is 0.250. The van der Waals surface area contributed by atoms with E-state index in [1.165, 1.54) is 0 Å². The largest absolute Gasteiger partial charge is 0.434 e. The molecular formula is C12H13N3O3. The van der Waals surface area contributed by atoms with Gasteiger partial charge in [0.05, 0.1) is 0 Å². The Labute approximate surface area is 103 Å². The Kier molecular flexibility index (Phi) is 3.57. The van der Waals surface area contributed by atoms with E-state index in [0.29, 0.717) is 18.5 Å². The topological polar surface area (TPSA) is 88.0 Å². The van der Waals surface area contributed by atoms with Gasteiger partial charge in [-0.15, -0.1) is 5.10 Å². The van der Waals surface area contributed by atoms with Crippen molar-refractivity contribution in [1.29, 1.82) is 0 Å². The maximum absolute atomic E-state index is 11.1. The van der Waals surface area contributed by atoms with Crippen molar-refractivity contribution in [3.63, 3.8) is 0 Å². The van der Waals surface area contributed by atoms with Crippen LogP contribution in [-0.4, -0.2) is 16.1 Å². The molecule has 2 N–H and O–H groups in total. The van der Waals surface area contributed by atoms with Crippen LogP contribution in [0.25, 0.3) is 11.5 Å². The lowest BCUT2D eigenvalue weighted by molar-refractivity contribution is -0.120. The summed E-state index contributed by atoms with van der Waals surface area (Å²) >= 11 is 0. The summed E-state index contributed by atoms with van der Waals surface area (Å²) < 4.78 is 4.83. The van der Waals surface area contributed by atoms with Gasteiger partial charge in [0.25, 0.3) is 0 Å². The third kappa shape index (κ3) is 2.85. The van der Waals surface area contributed by atoms with Crippen LogP contribution in [0, 0.1) is 0 Å². The summed E-state index contributed by atoms with van der Waals surface area (Å²) in [6.07, 6.45) is 0.469. The molecule has 1 amide bonds. The second kappa shape index (κ2) is 5.31. The molecule has 1 aromatic carbocycles. The molecule has 6 heteroatoms. The van der Waals surface area contributed by atoms with Crippen LogP contribution in [0.4, 0.5) is 0 Å². The molecule has 0 bridgehead atoms. The monoisotopic (exact) mass is 247 g/mol. The number of hydrogen-bond acceptors (Lipinski definition) is 4. The Morgan fingerprint density at radius 1 is 1.39 bits per heavy atom. The Balaban J connectivity index is 2.06. The number of aromatic amines is 1. The lowest BCUT2D eigenvalue weighted by Crippen LogP contribution is -2.21. The SMILES string of the molecule is CCC(=O)NCc1ccc(-c2n[nH]c(=O)o2)cc1. The first-order valence-electron chi connectivity index (χ1n) is 5.60. The van der Waals surface area contributed by atoms with Crippen LogP contribution in [-0.2, 0) is 11.3 Å². The maximum Gasteiger partial charge on any atom is 0.434 e. The van der Waals surface area contributed by atoms with Gasteiger partial charge >= 0.3 is 5.76 Å². The van der Waals surface area contributed by atoms with Crippen LogP contribution in [0.15, 0.2) is 33.5 Å². The number of nitrogens with one attached hydrogen (secondary N) is 2. The summed E-state index contributed by atoms with van der Waals surface area (Å²) in [5.74, 6) is -0.314. The van der Waals surface area contributed by atoms with Gasteiger partial charge in [-0.2, -0.15) is 0 Å². The lowest BCUT2D eigenvalue weighted by Gasteiger charge is -2.03. The minimum Gasteiger partial charge on any atom is -0.388 e. The van der Waals surface area contributed by atoms with Crippen molar-refractivity contribution in [2.24, 2.45) is 0 Å². The molecule has 0 saturated heterocycles. The van der Waals surface area contributed by atoms with Crippen LogP contribution < -0.4 is 11.1 Å². The van der Waals surface area contributed by atoms with E-state index in [1.807, 2.05) is 12.1 Å². The summed E-state index contributed by atoms with van der Waals surface area (Å²) in [7, 11) is 0. The first kappa shape index (κ1) is 12.1. The lowest BCUT2D eigenvalue weighted by atomic mass is 10.1. The van der Waals surface area contributed by atoms with Gasteiger partial charge in [-0.05, 0) is 17.7 Å². The van der Waals surface area contributed by atoms with Crippen molar-refractivity contribution in [2.45, 2.75) is 19.9 Å². The van der Waals surface area contributed by atoms with E-state index < -0.39 is 5.76 Å². The number of carbonyl (C=O) groups excluding carboxylic acids is 1. The molecule has 0 unspecified atom stereocenters. The van der Waals surface area contributed by atoms with Crippen molar-refractivity contribution in [1.82, 2.24) is 15.5 Å². The third-order valence-electron chi connectivity index (χ3n) is 2.45. The van der Waals surface area contributed by atoms with E-state index in [4.69, 9.17) is 4.42 Å². The molecule has 0 aliphatic heterocycles. The highest BCUT2D eigenvalue weighted by Gasteiger charge is 2.05. The van der Waals surface area contributed by atoms with Gasteiger partial charge in [-0.1, -0.05) is 19.1 Å². The predicted molar refractivity (Wildman–Crippen MR) is 64.7 cm³/mol. The predicted octanol–water partition coefficient (Wildman–Crippen LogP) is 1.06. The number of nitrogens with zero attached hydrogens (tertiary/aromatic N) is 1. The minimum atomic E-state index is -0.579. The number of rotatable bonds is 4. The van der Waals surface area contributed by atoms with E-state index in [2.05, 4.69) is 15.5 Å². The standard InChI is InChI=1S/C12H13N3O3/c1-2-10(16)13-7-8-3-5-9(6-4-8)11-14-15-12(17)18-11/h3-6H,2,7H2,1H3,(H,13,16)(H,15,17). The number of benzene rings is 1. The Bertz CT molecular complexity index is 583. The van der Waals surface area contributed by atoms with Crippen LogP contribution in [0.5, 0.6) is 0 Å². The van der Waals surface area contributed by atoms with Gasteiger partial charge in [0.1, 0.15) is 0 Å². The Hall–Kier alpha value is -2.37. The maximum atomic E-state index is 11.1. The van der Waals surface area contributed by atoms with E-state index in [-0.39, 0.29) is 11.8 Å². The van der Waals surface area contributed by atoms with E-state index in [1.54, 1.807) is 19.1 Å². The molecular weight excluding hydrogens is 234 g/mol. The van der Waals surface area contributed by atoms with Crippen molar-refractivity contribution in [2.75, 3.05) is 0 Å². The molecule has 0 atom stereocenters. The molecule has 1 heterocycles. The fourth-order valence-electron chi connectivity index (χ4n) is 1.44. The van der Waals surface area contributed by atoms with Gasteiger partial charge in [0, 0.05) is 18.5 Å². The number of carbonyl (C=O) groups is 1. The third-order valence-corrected chi connectivity index (χ3v) is 2.45. The highest BCUT2D eigenvalue weighted by atomic mass is 16.4. The van der Waals surface area contributed by atoms with Gasteiger partial charge in [0.15, 0.2) is 0 Å².